The fraction of sp³-hybridized carbons (Fsp3) is 0.0417. The van der Waals surface area contributed by atoms with Gasteiger partial charge in [-0.3, -0.25) is 0 Å². The zero-order valence-corrected chi connectivity index (χ0v) is 28.3. The second kappa shape index (κ2) is 13.6. The van der Waals surface area contributed by atoms with Crippen LogP contribution < -0.4 is 4.57 Å². The second-order valence-electron chi connectivity index (χ2n) is 12.9. The quantitative estimate of drug-likeness (QED) is 0.158. The molecule has 8 rings (SSSR count). The van der Waals surface area contributed by atoms with Crippen molar-refractivity contribution in [2.75, 3.05) is 0 Å². The summed E-state index contributed by atoms with van der Waals surface area (Å²) in [7, 11) is 0. The van der Waals surface area contributed by atoms with Crippen molar-refractivity contribution in [1.29, 1.82) is 0 Å². The van der Waals surface area contributed by atoms with E-state index in [2.05, 4.69) is 195 Å². The highest BCUT2D eigenvalue weighted by Crippen LogP contribution is 2.34. The van der Waals surface area contributed by atoms with Gasteiger partial charge in [0.15, 0.2) is 0 Å². The molecule has 0 N–H and O–H groups in total. The molecule has 0 spiro atoms. The van der Waals surface area contributed by atoms with Crippen LogP contribution in [-0.4, -0.2) is 4.98 Å². The molecule has 0 aliphatic heterocycles. The van der Waals surface area contributed by atoms with Crippen molar-refractivity contribution in [2.24, 2.45) is 0 Å². The van der Waals surface area contributed by atoms with Crippen LogP contribution in [0.15, 0.2) is 188 Å². The number of aryl methyl sites for hydroxylation is 2. The Kier molecular flexibility index (Phi) is 8.42. The molecule has 2 heteroatoms. The lowest BCUT2D eigenvalue weighted by Crippen LogP contribution is -2.32. The Bertz CT molecular complexity index is 2350. The predicted molar refractivity (Wildman–Crippen MR) is 208 cm³/mol. The van der Waals surface area contributed by atoms with E-state index in [1.165, 1.54) is 38.9 Å². The first kappa shape index (κ1) is 30.9. The molecule has 0 saturated heterocycles. The summed E-state index contributed by atoms with van der Waals surface area (Å²) in [6.07, 6.45) is 4.33. The Morgan fingerprint density at radius 1 is 0.340 bits per heavy atom. The maximum atomic E-state index is 5.17. The smallest absolute Gasteiger partial charge is 0.219 e. The second-order valence-corrected chi connectivity index (χ2v) is 12.9. The van der Waals surface area contributed by atoms with Crippen molar-refractivity contribution in [3.8, 4) is 72.7 Å². The molecular weight excluding hydrogens is 605 g/mol. The summed E-state index contributed by atoms with van der Waals surface area (Å²) >= 11 is 0. The van der Waals surface area contributed by atoms with Gasteiger partial charge in [0.1, 0.15) is 11.4 Å². The third-order valence-corrected chi connectivity index (χ3v) is 9.32. The van der Waals surface area contributed by atoms with Crippen LogP contribution in [0.3, 0.4) is 0 Å². The lowest BCUT2D eigenvalue weighted by molar-refractivity contribution is -0.594. The zero-order chi connectivity index (χ0) is 33.9. The minimum Gasteiger partial charge on any atom is -0.235 e. The van der Waals surface area contributed by atoms with E-state index in [-0.39, 0.29) is 0 Å². The highest BCUT2D eigenvalue weighted by Gasteiger charge is 2.21. The Balaban J connectivity index is 1.33. The molecule has 0 bridgehead atoms. The molecule has 238 valence electrons. The summed E-state index contributed by atoms with van der Waals surface area (Å²) in [5, 5.41) is 0. The van der Waals surface area contributed by atoms with Crippen LogP contribution in [0.5, 0.6) is 0 Å². The molecule has 1 heterocycles. The van der Waals surface area contributed by atoms with E-state index in [0.29, 0.717) is 0 Å². The first-order chi connectivity index (χ1) is 24.6. The number of aromatic nitrogens is 2. The lowest BCUT2D eigenvalue weighted by atomic mass is 9.94. The van der Waals surface area contributed by atoms with E-state index in [9.17, 15) is 0 Å². The molecular formula is C48H37N2+. The zero-order valence-electron chi connectivity index (χ0n) is 28.3. The minimum absolute atomic E-state index is 0.915. The first-order valence-corrected chi connectivity index (χ1v) is 17.1. The van der Waals surface area contributed by atoms with Gasteiger partial charge in [-0.05, 0) is 71.0 Å². The summed E-state index contributed by atoms with van der Waals surface area (Å²) in [4.78, 5) is 5.17. The van der Waals surface area contributed by atoms with Crippen molar-refractivity contribution >= 4 is 0 Å². The summed E-state index contributed by atoms with van der Waals surface area (Å²) in [6.45, 7) is 4.26. The molecule has 1 aromatic heterocycles. The molecule has 0 aliphatic rings. The van der Waals surface area contributed by atoms with Gasteiger partial charge >= 0.3 is 0 Å². The van der Waals surface area contributed by atoms with Gasteiger partial charge < -0.3 is 0 Å². The van der Waals surface area contributed by atoms with Gasteiger partial charge in [-0.2, -0.15) is 4.57 Å². The van der Waals surface area contributed by atoms with Gasteiger partial charge in [-0.1, -0.05) is 163 Å². The van der Waals surface area contributed by atoms with E-state index < -0.39 is 0 Å². The monoisotopic (exact) mass is 641 g/mol. The lowest BCUT2D eigenvalue weighted by Gasteiger charge is -2.13. The molecule has 50 heavy (non-hydrogen) atoms. The van der Waals surface area contributed by atoms with Gasteiger partial charge in [-0.15, -0.1) is 0 Å². The summed E-state index contributed by atoms with van der Waals surface area (Å²) in [5.74, 6) is 0. The topological polar surface area (TPSA) is 16.8 Å². The highest BCUT2D eigenvalue weighted by atomic mass is 15.0. The summed E-state index contributed by atoms with van der Waals surface area (Å²) in [6, 6.07) is 63.0. The Morgan fingerprint density at radius 2 is 0.740 bits per heavy atom. The van der Waals surface area contributed by atoms with Gasteiger partial charge in [0.05, 0.1) is 5.56 Å². The van der Waals surface area contributed by atoms with Gasteiger partial charge in [0.25, 0.3) is 0 Å². The summed E-state index contributed by atoms with van der Waals surface area (Å²) in [5.41, 5.74) is 17.0. The number of hydrogen-bond acceptors (Lipinski definition) is 1. The Hall–Kier alpha value is -6.38. The molecule has 7 aromatic carbocycles. The van der Waals surface area contributed by atoms with Crippen LogP contribution in [-0.2, 0) is 0 Å². The van der Waals surface area contributed by atoms with E-state index >= 15 is 0 Å². The minimum atomic E-state index is 0.915. The van der Waals surface area contributed by atoms with Crippen molar-refractivity contribution < 1.29 is 4.57 Å². The number of nitrogens with zero attached hydrogens (tertiary/aromatic N) is 2. The number of rotatable bonds is 7. The van der Waals surface area contributed by atoms with Crippen LogP contribution in [0.25, 0.3) is 72.7 Å². The standard InChI is InChI=1S/C48H37N2/c1-34-19-23-36(24-20-34)40-15-9-17-42(29-40)43-27-28-45(44-18-10-16-41(30-44)37-25-21-35(2)22-26-37)48(31-43)50-32-46(38-11-5-3-6-12-38)49-47(33-50)39-13-7-4-8-14-39/h3-33H,1-2H3/q+1. The molecule has 0 amide bonds. The van der Waals surface area contributed by atoms with E-state index in [0.717, 1.165) is 44.9 Å². The predicted octanol–water partition coefficient (Wildman–Crippen LogP) is 12.0. The molecule has 0 aliphatic carbocycles. The molecule has 8 aromatic rings. The van der Waals surface area contributed by atoms with Gasteiger partial charge in [0, 0.05) is 17.2 Å². The van der Waals surface area contributed by atoms with Crippen molar-refractivity contribution in [3.63, 3.8) is 0 Å². The Morgan fingerprint density at radius 3 is 1.26 bits per heavy atom. The SMILES string of the molecule is Cc1ccc(-c2cccc(-c3ccc(-c4cccc(-c5ccc(C)cc5)c4)c(-[n+]4cc(-c5ccccc5)nc(-c5ccccc5)c4)c3)c2)cc1. The third-order valence-electron chi connectivity index (χ3n) is 9.32. The highest BCUT2D eigenvalue weighted by molar-refractivity contribution is 5.81. The average molecular weight is 642 g/mol. The van der Waals surface area contributed by atoms with Gasteiger partial charge in [0.2, 0.25) is 18.1 Å². The molecule has 2 nitrogen and oxygen atoms in total. The van der Waals surface area contributed by atoms with Crippen LogP contribution in [0, 0.1) is 13.8 Å². The Labute approximate surface area is 294 Å². The van der Waals surface area contributed by atoms with Crippen LogP contribution >= 0.6 is 0 Å². The van der Waals surface area contributed by atoms with Crippen LogP contribution in [0.1, 0.15) is 11.1 Å². The van der Waals surface area contributed by atoms with Gasteiger partial charge in [-0.25, -0.2) is 4.98 Å². The molecule has 0 radical (unpaired) electrons. The van der Waals surface area contributed by atoms with E-state index in [4.69, 9.17) is 4.98 Å². The molecule has 0 saturated carbocycles. The molecule has 0 atom stereocenters. The van der Waals surface area contributed by atoms with E-state index in [1.54, 1.807) is 0 Å². The summed E-state index contributed by atoms with van der Waals surface area (Å²) < 4.78 is 2.26. The van der Waals surface area contributed by atoms with Crippen LogP contribution in [0.2, 0.25) is 0 Å². The first-order valence-electron chi connectivity index (χ1n) is 17.1. The molecule has 0 fully saturated rings. The third kappa shape index (κ3) is 6.52. The molecule has 0 unspecified atom stereocenters. The van der Waals surface area contributed by atoms with Crippen molar-refractivity contribution in [3.05, 3.63) is 199 Å². The normalized spacial score (nSPS) is 11.0. The maximum absolute atomic E-state index is 5.17. The fourth-order valence-corrected chi connectivity index (χ4v) is 6.53. The van der Waals surface area contributed by atoms with Crippen molar-refractivity contribution in [2.45, 2.75) is 13.8 Å². The van der Waals surface area contributed by atoms with Crippen LogP contribution in [0.4, 0.5) is 0 Å². The largest absolute Gasteiger partial charge is 0.235 e. The average Bonchev–Trinajstić information content (AvgIpc) is 3.19. The van der Waals surface area contributed by atoms with Crippen molar-refractivity contribution in [1.82, 2.24) is 4.98 Å². The number of hydrogen-bond donors (Lipinski definition) is 0. The number of benzene rings is 7. The van der Waals surface area contributed by atoms with E-state index in [1.807, 2.05) is 12.1 Å². The fourth-order valence-electron chi connectivity index (χ4n) is 6.53. The maximum Gasteiger partial charge on any atom is 0.219 e.